The summed E-state index contributed by atoms with van der Waals surface area (Å²) in [6.45, 7) is 13.0. The van der Waals surface area contributed by atoms with Gasteiger partial charge in [0, 0.05) is 5.56 Å². The molecule has 0 fully saturated rings. The summed E-state index contributed by atoms with van der Waals surface area (Å²) in [5, 5.41) is 0. The maximum Gasteiger partial charge on any atom is 0.335 e. The zero-order chi connectivity index (χ0) is 24.0. The summed E-state index contributed by atoms with van der Waals surface area (Å²) in [4.78, 5) is 0. The van der Waals surface area contributed by atoms with Crippen molar-refractivity contribution in [2.45, 2.75) is 79.5 Å². The van der Waals surface area contributed by atoms with Gasteiger partial charge in [-0.1, -0.05) is 32.3 Å². The monoisotopic (exact) mass is 492 g/mol. The Morgan fingerprint density at radius 1 is 0.688 bits per heavy atom. The standard InChI is InChI=1S/C23H42O7P2/c1-7-12-13-14-15-26-23-17-21(18-31(24,27-8-2)28-9-3)20(6)16-22(23)19-32(25,29-10-4)30-11-5/h16-17H,7-15,18-19H2,1-6H3. The van der Waals surface area contributed by atoms with Crippen LogP contribution < -0.4 is 4.74 Å². The first-order valence-corrected chi connectivity index (χ1v) is 15.2. The van der Waals surface area contributed by atoms with Crippen LogP contribution in [0.25, 0.3) is 0 Å². The molecule has 0 aromatic heterocycles. The van der Waals surface area contributed by atoms with Gasteiger partial charge < -0.3 is 22.8 Å². The smallest absolute Gasteiger partial charge is 0.335 e. The van der Waals surface area contributed by atoms with Gasteiger partial charge in [0.15, 0.2) is 0 Å². The highest BCUT2D eigenvalue weighted by Gasteiger charge is 2.29. The second-order valence-corrected chi connectivity index (χ2v) is 11.6. The summed E-state index contributed by atoms with van der Waals surface area (Å²) in [5.41, 5.74) is 2.48. The van der Waals surface area contributed by atoms with Crippen LogP contribution in [0.4, 0.5) is 0 Å². The molecule has 0 saturated heterocycles. The van der Waals surface area contributed by atoms with E-state index < -0.39 is 15.2 Å². The molecule has 1 aromatic carbocycles. The Labute approximate surface area is 194 Å². The minimum Gasteiger partial charge on any atom is -0.493 e. The van der Waals surface area contributed by atoms with Crippen molar-refractivity contribution in [3.63, 3.8) is 0 Å². The summed E-state index contributed by atoms with van der Waals surface area (Å²) >= 11 is 0. The molecule has 0 heterocycles. The van der Waals surface area contributed by atoms with Crippen molar-refractivity contribution in [1.82, 2.24) is 0 Å². The minimum atomic E-state index is -3.30. The van der Waals surface area contributed by atoms with E-state index in [1.165, 1.54) is 0 Å². The number of hydrogen-bond acceptors (Lipinski definition) is 7. The van der Waals surface area contributed by atoms with Gasteiger partial charge in [0.1, 0.15) is 5.75 Å². The molecule has 32 heavy (non-hydrogen) atoms. The van der Waals surface area contributed by atoms with E-state index in [9.17, 15) is 9.13 Å². The number of hydrogen-bond donors (Lipinski definition) is 0. The van der Waals surface area contributed by atoms with Gasteiger partial charge in [0.2, 0.25) is 0 Å². The maximum atomic E-state index is 13.2. The number of unbranched alkanes of at least 4 members (excludes halogenated alkanes) is 3. The summed E-state index contributed by atoms with van der Waals surface area (Å²) in [7, 11) is -6.57. The molecule has 1 aromatic rings. The van der Waals surface area contributed by atoms with Crippen molar-refractivity contribution in [3.05, 3.63) is 28.8 Å². The van der Waals surface area contributed by atoms with Gasteiger partial charge in [-0.3, -0.25) is 9.13 Å². The van der Waals surface area contributed by atoms with E-state index >= 15 is 0 Å². The molecule has 7 nitrogen and oxygen atoms in total. The van der Waals surface area contributed by atoms with Gasteiger partial charge in [0.25, 0.3) is 0 Å². The predicted molar refractivity (Wildman–Crippen MR) is 130 cm³/mol. The third-order valence-corrected chi connectivity index (χ3v) is 8.87. The van der Waals surface area contributed by atoms with Gasteiger partial charge in [0.05, 0.1) is 45.4 Å². The molecular formula is C23H42O7P2. The average molecular weight is 493 g/mol. The first-order chi connectivity index (χ1) is 15.3. The number of rotatable bonds is 18. The third-order valence-electron chi connectivity index (χ3n) is 4.81. The van der Waals surface area contributed by atoms with Crippen LogP contribution >= 0.6 is 15.2 Å². The van der Waals surface area contributed by atoms with Gasteiger partial charge >= 0.3 is 15.2 Å². The van der Waals surface area contributed by atoms with Crippen LogP contribution in [-0.2, 0) is 39.5 Å². The molecule has 0 bridgehead atoms. The zero-order valence-electron chi connectivity index (χ0n) is 20.7. The van der Waals surface area contributed by atoms with E-state index in [-0.39, 0.29) is 12.3 Å². The van der Waals surface area contributed by atoms with Crippen LogP contribution in [-0.4, -0.2) is 33.0 Å². The highest BCUT2D eigenvalue weighted by molar-refractivity contribution is 7.53. The lowest BCUT2D eigenvalue weighted by Crippen LogP contribution is -2.06. The number of ether oxygens (including phenoxy) is 1. The first-order valence-electron chi connectivity index (χ1n) is 11.8. The Hall–Kier alpha value is -0.680. The molecule has 0 unspecified atom stereocenters. The first kappa shape index (κ1) is 29.4. The third kappa shape index (κ3) is 10.1. The molecule has 0 N–H and O–H groups in total. The zero-order valence-corrected chi connectivity index (χ0v) is 22.5. The van der Waals surface area contributed by atoms with Gasteiger partial charge in [-0.25, -0.2) is 0 Å². The average Bonchev–Trinajstić information content (AvgIpc) is 2.71. The fourth-order valence-corrected chi connectivity index (χ4v) is 6.90. The lowest BCUT2D eigenvalue weighted by atomic mass is 10.1. The van der Waals surface area contributed by atoms with Crippen LogP contribution in [0.15, 0.2) is 12.1 Å². The predicted octanol–water partition coefficient (Wildman–Crippen LogP) is 7.49. The Morgan fingerprint density at radius 2 is 1.19 bits per heavy atom. The summed E-state index contributed by atoms with van der Waals surface area (Å²) < 4.78 is 54.3. The van der Waals surface area contributed by atoms with Crippen molar-refractivity contribution in [2.24, 2.45) is 0 Å². The Morgan fingerprint density at radius 3 is 1.66 bits per heavy atom. The quantitative estimate of drug-likeness (QED) is 0.155. The lowest BCUT2D eigenvalue weighted by Gasteiger charge is -2.22. The lowest BCUT2D eigenvalue weighted by molar-refractivity contribution is 0.217. The fraction of sp³-hybridized carbons (Fsp3) is 0.739. The molecule has 0 amide bonds. The van der Waals surface area contributed by atoms with E-state index in [1.807, 2.05) is 19.1 Å². The minimum absolute atomic E-state index is 0.120. The van der Waals surface area contributed by atoms with Crippen molar-refractivity contribution in [2.75, 3.05) is 33.0 Å². The molecule has 0 aliphatic heterocycles. The van der Waals surface area contributed by atoms with Crippen LogP contribution in [0.5, 0.6) is 5.75 Å². The Bertz CT molecular complexity index is 747. The molecule has 0 saturated carbocycles. The van der Waals surface area contributed by atoms with Crippen molar-refractivity contribution >= 4 is 15.2 Å². The Kier molecular flexibility index (Phi) is 14.0. The molecular weight excluding hydrogens is 450 g/mol. The summed E-state index contributed by atoms with van der Waals surface area (Å²) in [6, 6.07) is 3.79. The molecule has 9 heteroatoms. The maximum absolute atomic E-state index is 13.2. The van der Waals surface area contributed by atoms with E-state index in [4.69, 9.17) is 22.8 Å². The van der Waals surface area contributed by atoms with Crippen molar-refractivity contribution in [1.29, 1.82) is 0 Å². The van der Waals surface area contributed by atoms with Crippen molar-refractivity contribution < 1.29 is 32.0 Å². The fourth-order valence-electron chi connectivity index (χ4n) is 3.39. The van der Waals surface area contributed by atoms with E-state index in [0.717, 1.165) is 42.4 Å². The van der Waals surface area contributed by atoms with Crippen LogP contribution in [0.3, 0.4) is 0 Å². The largest absolute Gasteiger partial charge is 0.493 e. The van der Waals surface area contributed by atoms with E-state index in [2.05, 4.69) is 6.92 Å². The van der Waals surface area contributed by atoms with E-state index in [1.54, 1.807) is 27.7 Å². The molecule has 186 valence electrons. The molecule has 1 rings (SSSR count). The SMILES string of the molecule is CCCCCCOc1cc(CP(=O)(OCC)OCC)c(C)cc1CP(=O)(OCC)OCC. The molecule has 0 spiro atoms. The highest BCUT2D eigenvalue weighted by Crippen LogP contribution is 2.54. The normalized spacial score (nSPS) is 12.3. The molecule has 0 aliphatic carbocycles. The second-order valence-electron chi connectivity index (χ2n) is 7.50. The van der Waals surface area contributed by atoms with Gasteiger partial charge in [-0.05, 0) is 58.2 Å². The summed E-state index contributed by atoms with van der Waals surface area (Å²) in [6.07, 6.45) is 4.60. The Balaban J connectivity index is 3.25. The molecule has 0 aliphatic rings. The second kappa shape index (κ2) is 15.3. The number of benzene rings is 1. The summed E-state index contributed by atoms with van der Waals surface area (Å²) in [5.74, 6) is 0.612. The molecule has 0 atom stereocenters. The van der Waals surface area contributed by atoms with Crippen LogP contribution in [0.2, 0.25) is 0 Å². The highest BCUT2D eigenvalue weighted by atomic mass is 31.2. The van der Waals surface area contributed by atoms with Crippen LogP contribution in [0.1, 0.15) is 77.0 Å². The van der Waals surface area contributed by atoms with E-state index in [0.29, 0.717) is 38.8 Å². The topological polar surface area (TPSA) is 80.3 Å². The molecule has 0 radical (unpaired) electrons. The van der Waals surface area contributed by atoms with Gasteiger partial charge in [-0.15, -0.1) is 0 Å². The van der Waals surface area contributed by atoms with Crippen molar-refractivity contribution in [3.8, 4) is 5.75 Å². The van der Waals surface area contributed by atoms with Crippen LogP contribution in [0, 0.1) is 6.92 Å². The number of aryl methyl sites for hydroxylation is 1. The van der Waals surface area contributed by atoms with Gasteiger partial charge in [-0.2, -0.15) is 0 Å².